The van der Waals surface area contributed by atoms with Crippen molar-refractivity contribution in [3.8, 4) is 5.75 Å². The van der Waals surface area contributed by atoms with Crippen molar-refractivity contribution < 1.29 is 4.74 Å². The first-order valence-corrected chi connectivity index (χ1v) is 7.87. The second-order valence-electron chi connectivity index (χ2n) is 5.90. The van der Waals surface area contributed by atoms with Gasteiger partial charge in [0, 0.05) is 17.6 Å². The highest BCUT2D eigenvalue weighted by molar-refractivity contribution is 5.89. The Hall–Kier alpha value is -2.74. The zero-order chi connectivity index (χ0) is 15.8. The number of ether oxygens (including phenoxy) is 1. The Balaban J connectivity index is 1.88. The van der Waals surface area contributed by atoms with E-state index in [4.69, 9.17) is 4.74 Å². The van der Waals surface area contributed by atoms with Crippen LogP contribution in [-0.2, 0) is 6.54 Å². The van der Waals surface area contributed by atoms with Crippen LogP contribution >= 0.6 is 0 Å². The number of fused-ring (bicyclic) bond motifs is 2. The van der Waals surface area contributed by atoms with Crippen LogP contribution in [0.2, 0.25) is 0 Å². The number of methoxy groups -OCH3 is 1. The summed E-state index contributed by atoms with van der Waals surface area (Å²) in [6.07, 6.45) is 0. The molecule has 0 atom stereocenters. The molecule has 0 saturated heterocycles. The second kappa shape index (κ2) is 5.47. The smallest absolute Gasteiger partial charge is 0.128 e. The van der Waals surface area contributed by atoms with Gasteiger partial charge in [-0.1, -0.05) is 48.5 Å². The maximum atomic E-state index is 5.50. The van der Waals surface area contributed by atoms with E-state index in [1.165, 1.54) is 32.9 Å². The minimum Gasteiger partial charge on any atom is -0.496 e. The highest BCUT2D eigenvalue weighted by Gasteiger charge is 2.11. The van der Waals surface area contributed by atoms with Crippen LogP contribution in [-0.4, -0.2) is 11.7 Å². The Morgan fingerprint density at radius 1 is 0.870 bits per heavy atom. The van der Waals surface area contributed by atoms with Crippen LogP contribution in [0.1, 0.15) is 11.3 Å². The van der Waals surface area contributed by atoms with E-state index >= 15 is 0 Å². The summed E-state index contributed by atoms with van der Waals surface area (Å²) in [5.41, 5.74) is 3.80. The molecule has 0 amide bonds. The molecule has 0 fully saturated rings. The summed E-state index contributed by atoms with van der Waals surface area (Å²) in [5, 5.41) is 3.78. The monoisotopic (exact) mass is 301 g/mol. The molecule has 2 heteroatoms. The fraction of sp³-hybridized carbons (Fsp3) is 0.143. The fourth-order valence-corrected chi connectivity index (χ4v) is 3.38. The Morgan fingerprint density at radius 3 is 2.52 bits per heavy atom. The van der Waals surface area contributed by atoms with E-state index in [9.17, 15) is 0 Å². The number of hydrogen-bond acceptors (Lipinski definition) is 1. The predicted molar refractivity (Wildman–Crippen MR) is 96.3 cm³/mol. The molecule has 0 unspecified atom stereocenters. The lowest BCUT2D eigenvalue weighted by molar-refractivity contribution is 0.420. The van der Waals surface area contributed by atoms with Gasteiger partial charge in [0.05, 0.1) is 12.6 Å². The van der Waals surface area contributed by atoms with Gasteiger partial charge in [-0.3, -0.25) is 0 Å². The molecule has 2 nitrogen and oxygen atoms in total. The van der Waals surface area contributed by atoms with E-state index in [-0.39, 0.29) is 0 Å². The number of hydrogen-bond donors (Lipinski definition) is 0. The van der Waals surface area contributed by atoms with Crippen molar-refractivity contribution in [2.75, 3.05) is 7.11 Å². The van der Waals surface area contributed by atoms with E-state index in [0.29, 0.717) is 0 Å². The normalized spacial score (nSPS) is 11.2. The number of aromatic nitrogens is 1. The average molecular weight is 301 g/mol. The third-order valence-corrected chi connectivity index (χ3v) is 4.54. The topological polar surface area (TPSA) is 14.2 Å². The largest absolute Gasteiger partial charge is 0.496 e. The first-order valence-electron chi connectivity index (χ1n) is 7.87. The van der Waals surface area contributed by atoms with Gasteiger partial charge >= 0.3 is 0 Å². The molecule has 0 aliphatic carbocycles. The molecule has 23 heavy (non-hydrogen) atoms. The Bertz CT molecular complexity index is 992. The van der Waals surface area contributed by atoms with E-state index < -0.39 is 0 Å². The van der Waals surface area contributed by atoms with Gasteiger partial charge < -0.3 is 9.30 Å². The zero-order valence-electron chi connectivity index (χ0n) is 13.4. The summed E-state index contributed by atoms with van der Waals surface area (Å²) in [4.78, 5) is 0. The van der Waals surface area contributed by atoms with Crippen LogP contribution in [0.5, 0.6) is 5.75 Å². The number of nitrogens with zero attached hydrogens (tertiary/aromatic N) is 1. The van der Waals surface area contributed by atoms with Crippen LogP contribution < -0.4 is 4.74 Å². The van der Waals surface area contributed by atoms with Gasteiger partial charge in [0.25, 0.3) is 0 Å². The van der Waals surface area contributed by atoms with Gasteiger partial charge in [0.1, 0.15) is 5.75 Å². The highest BCUT2D eigenvalue weighted by Crippen LogP contribution is 2.30. The molecule has 4 rings (SSSR count). The Labute approximate surface area is 135 Å². The molecule has 114 valence electrons. The quantitative estimate of drug-likeness (QED) is 0.510. The van der Waals surface area contributed by atoms with Crippen molar-refractivity contribution >= 4 is 21.7 Å². The molecule has 0 radical (unpaired) electrons. The van der Waals surface area contributed by atoms with Crippen LogP contribution in [0.4, 0.5) is 0 Å². The van der Waals surface area contributed by atoms with E-state index in [2.05, 4.69) is 72.2 Å². The number of benzene rings is 3. The Morgan fingerprint density at radius 2 is 1.65 bits per heavy atom. The van der Waals surface area contributed by atoms with Crippen LogP contribution in [0.15, 0.2) is 66.7 Å². The van der Waals surface area contributed by atoms with E-state index in [0.717, 1.165) is 12.3 Å². The molecule has 4 aromatic rings. The predicted octanol–water partition coefficient (Wildman–Crippen LogP) is 5.16. The minimum atomic E-state index is 0.865. The molecule has 0 aliphatic heterocycles. The van der Waals surface area contributed by atoms with Gasteiger partial charge in [0.2, 0.25) is 0 Å². The summed E-state index contributed by atoms with van der Waals surface area (Å²) in [6, 6.07) is 23.5. The molecule has 3 aromatic carbocycles. The molecule has 0 saturated carbocycles. The fourth-order valence-electron chi connectivity index (χ4n) is 3.38. The highest BCUT2D eigenvalue weighted by atomic mass is 16.5. The summed E-state index contributed by atoms with van der Waals surface area (Å²) < 4.78 is 7.86. The van der Waals surface area contributed by atoms with Crippen molar-refractivity contribution in [1.29, 1.82) is 0 Å². The van der Waals surface area contributed by atoms with Crippen molar-refractivity contribution in [2.24, 2.45) is 0 Å². The third kappa shape index (κ3) is 2.27. The number of aryl methyl sites for hydroxylation is 1. The van der Waals surface area contributed by atoms with Crippen LogP contribution in [0.3, 0.4) is 0 Å². The SMILES string of the molecule is COc1cccc2c1cc(C)n2Cc1cccc2ccccc12. The minimum absolute atomic E-state index is 0.865. The zero-order valence-corrected chi connectivity index (χ0v) is 13.4. The Kier molecular flexibility index (Phi) is 3.30. The van der Waals surface area contributed by atoms with Gasteiger partial charge in [-0.15, -0.1) is 0 Å². The van der Waals surface area contributed by atoms with Crippen molar-refractivity contribution in [2.45, 2.75) is 13.5 Å². The van der Waals surface area contributed by atoms with E-state index in [1.54, 1.807) is 7.11 Å². The molecule has 1 aromatic heterocycles. The number of rotatable bonds is 3. The molecule has 0 spiro atoms. The lowest BCUT2D eigenvalue weighted by Gasteiger charge is -2.11. The molecular formula is C21H19NO. The van der Waals surface area contributed by atoms with Crippen LogP contribution in [0.25, 0.3) is 21.7 Å². The first kappa shape index (κ1) is 13.9. The van der Waals surface area contributed by atoms with Crippen LogP contribution in [0, 0.1) is 6.92 Å². The summed E-state index contributed by atoms with van der Waals surface area (Å²) in [7, 11) is 1.73. The van der Waals surface area contributed by atoms with Gasteiger partial charge in [-0.25, -0.2) is 0 Å². The standard InChI is InChI=1S/C21H19NO/c1-15-13-19-20(11-6-12-21(19)23-2)22(15)14-17-9-5-8-16-7-3-4-10-18(16)17/h3-13H,14H2,1-2H3. The van der Waals surface area contributed by atoms with Gasteiger partial charge in [-0.05, 0) is 41.5 Å². The molecule has 0 N–H and O–H groups in total. The maximum Gasteiger partial charge on any atom is 0.128 e. The average Bonchev–Trinajstić information content (AvgIpc) is 2.91. The molecule has 0 bridgehead atoms. The summed E-state index contributed by atoms with van der Waals surface area (Å²) in [6.45, 7) is 3.02. The van der Waals surface area contributed by atoms with Gasteiger partial charge in [-0.2, -0.15) is 0 Å². The molecule has 1 heterocycles. The van der Waals surface area contributed by atoms with Gasteiger partial charge in [0.15, 0.2) is 0 Å². The van der Waals surface area contributed by atoms with E-state index in [1.807, 2.05) is 6.07 Å². The third-order valence-electron chi connectivity index (χ3n) is 4.54. The summed E-state index contributed by atoms with van der Waals surface area (Å²) in [5.74, 6) is 0.933. The molecular weight excluding hydrogens is 282 g/mol. The first-order chi connectivity index (χ1) is 11.3. The van der Waals surface area contributed by atoms with Crippen molar-refractivity contribution in [3.63, 3.8) is 0 Å². The van der Waals surface area contributed by atoms with Crippen molar-refractivity contribution in [1.82, 2.24) is 4.57 Å². The second-order valence-corrected chi connectivity index (χ2v) is 5.90. The lowest BCUT2D eigenvalue weighted by Crippen LogP contribution is -2.02. The maximum absolute atomic E-state index is 5.50. The summed E-state index contributed by atoms with van der Waals surface area (Å²) >= 11 is 0. The van der Waals surface area contributed by atoms with Crippen molar-refractivity contribution in [3.05, 3.63) is 78.0 Å². The lowest BCUT2D eigenvalue weighted by atomic mass is 10.0. The molecule has 0 aliphatic rings.